The van der Waals surface area contributed by atoms with Crippen molar-refractivity contribution in [2.24, 2.45) is 0 Å². The first-order valence-corrected chi connectivity index (χ1v) is 8.83. The quantitative estimate of drug-likeness (QED) is 0.303. The predicted octanol–water partition coefficient (Wildman–Crippen LogP) is 4.29. The van der Waals surface area contributed by atoms with E-state index in [1.54, 1.807) is 6.07 Å². The first kappa shape index (κ1) is 14.5. The normalized spacial score (nSPS) is 12.6. The molecule has 2 aromatic heterocycles. The molecule has 1 aliphatic rings. The molecule has 0 N–H and O–H groups in total. The first-order valence-electron chi connectivity index (χ1n) is 8.83. The average molecular weight is 351 g/mol. The van der Waals surface area contributed by atoms with Gasteiger partial charge in [-0.05, 0) is 34.7 Å². The van der Waals surface area contributed by atoms with Crippen LogP contribution in [0, 0.1) is 0 Å². The molecule has 128 valence electrons. The standard InChI is InChI=1S/C23H13NO3/c25-20-10-9-17-19(27-20)11-18-14-6-2-1-5-13(14)12-24-22(18)21(17)15-7-3-4-8-16(15)23(24)26/h1-11H,12H2. The molecule has 0 aliphatic carbocycles. The third-order valence-electron chi connectivity index (χ3n) is 5.48. The van der Waals surface area contributed by atoms with E-state index in [1.165, 1.54) is 6.07 Å². The molecular weight excluding hydrogens is 338 g/mol. The summed E-state index contributed by atoms with van der Waals surface area (Å²) in [7, 11) is 0. The second-order valence-corrected chi connectivity index (χ2v) is 6.91. The summed E-state index contributed by atoms with van der Waals surface area (Å²) < 4.78 is 7.37. The van der Waals surface area contributed by atoms with Gasteiger partial charge >= 0.3 is 5.63 Å². The highest BCUT2D eigenvalue weighted by atomic mass is 16.4. The van der Waals surface area contributed by atoms with Crippen LogP contribution in [0.5, 0.6) is 0 Å². The molecule has 0 atom stereocenters. The van der Waals surface area contributed by atoms with Gasteiger partial charge in [0.1, 0.15) is 5.58 Å². The molecule has 0 saturated heterocycles. The molecule has 6 rings (SSSR count). The molecule has 0 spiro atoms. The summed E-state index contributed by atoms with van der Waals surface area (Å²) in [4.78, 5) is 25.1. The van der Waals surface area contributed by atoms with Crippen molar-refractivity contribution in [1.29, 1.82) is 0 Å². The van der Waals surface area contributed by atoms with Crippen molar-refractivity contribution in [3.05, 3.63) is 93.1 Å². The largest absolute Gasteiger partial charge is 0.423 e. The Kier molecular flexibility index (Phi) is 2.66. The molecule has 0 unspecified atom stereocenters. The number of hydrogen-bond acceptors (Lipinski definition) is 3. The van der Waals surface area contributed by atoms with E-state index in [0.29, 0.717) is 17.5 Å². The van der Waals surface area contributed by atoms with Gasteiger partial charge < -0.3 is 8.98 Å². The van der Waals surface area contributed by atoms with Crippen LogP contribution in [0.3, 0.4) is 0 Å². The molecule has 0 radical (unpaired) electrons. The Labute approximate surface area is 152 Å². The summed E-state index contributed by atoms with van der Waals surface area (Å²) in [6.07, 6.45) is 0. The molecule has 1 aliphatic heterocycles. The van der Waals surface area contributed by atoms with Crippen molar-refractivity contribution in [3.63, 3.8) is 0 Å². The van der Waals surface area contributed by atoms with Crippen molar-refractivity contribution in [2.45, 2.75) is 6.54 Å². The molecule has 27 heavy (non-hydrogen) atoms. The van der Waals surface area contributed by atoms with Crippen molar-refractivity contribution in [3.8, 4) is 11.1 Å². The summed E-state index contributed by atoms with van der Waals surface area (Å²) in [5, 5.41) is 3.36. The highest BCUT2D eigenvalue weighted by Crippen LogP contribution is 2.41. The highest BCUT2D eigenvalue weighted by Gasteiger charge is 2.23. The Morgan fingerprint density at radius 3 is 2.44 bits per heavy atom. The van der Waals surface area contributed by atoms with Gasteiger partial charge in [-0.15, -0.1) is 0 Å². The second-order valence-electron chi connectivity index (χ2n) is 6.91. The zero-order chi connectivity index (χ0) is 18.1. The van der Waals surface area contributed by atoms with E-state index in [2.05, 4.69) is 6.07 Å². The minimum Gasteiger partial charge on any atom is -0.423 e. The van der Waals surface area contributed by atoms with Crippen LogP contribution < -0.4 is 11.2 Å². The van der Waals surface area contributed by atoms with Crippen LogP contribution in [0.2, 0.25) is 0 Å². The predicted molar refractivity (Wildman–Crippen MR) is 106 cm³/mol. The van der Waals surface area contributed by atoms with Crippen LogP contribution in [-0.4, -0.2) is 4.57 Å². The van der Waals surface area contributed by atoms with Gasteiger partial charge in [-0.3, -0.25) is 4.79 Å². The molecular formula is C23H13NO3. The minimum absolute atomic E-state index is 0.00517. The lowest BCUT2D eigenvalue weighted by Crippen LogP contribution is -2.24. The monoisotopic (exact) mass is 351 g/mol. The lowest BCUT2D eigenvalue weighted by atomic mass is 9.90. The van der Waals surface area contributed by atoms with Gasteiger partial charge in [-0.25, -0.2) is 4.79 Å². The minimum atomic E-state index is -0.379. The van der Waals surface area contributed by atoms with E-state index in [-0.39, 0.29) is 11.2 Å². The fourth-order valence-corrected chi connectivity index (χ4v) is 4.34. The van der Waals surface area contributed by atoms with Crippen LogP contribution in [0.25, 0.3) is 43.8 Å². The molecule has 4 heteroatoms. The van der Waals surface area contributed by atoms with Crippen LogP contribution >= 0.6 is 0 Å². The van der Waals surface area contributed by atoms with Crippen molar-refractivity contribution in [2.75, 3.05) is 0 Å². The van der Waals surface area contributed by atoms with E-state index in [0.717, 1.165) is 38.4 Å². The van der Waals surface area contributed by atoms with E-state index in [4.69, 9.17) is 4.42 Å². The molecule has 3 aromatic carbocycles. The van der Waals surface area contributed by atoms with Gasteiger partial charge in [0.05, 0.1) is 12.1 Å². The van der Waals surface area contributed by atoms with Crippen molar-refractivity contribution in [1.82, 2.24) is 4.57 Å². The molecule has 0 fully saturated rings. The number of benzene rings is 3. The number of fused-ring (bicyclic) bond motifs is 6. The molecule has 3 heterocycles. The molecule has 5 aromatic rings. The fraction of sp³-hybridized carbons (Fsp3) is 0.0435. The summed E-state index contributed by atoms with van der Waals surface area (Å²) in [5.74, 6) is 0. The number of rotatable bonds is 0. The Hall–Kier alpha value is -3.66. The number of aromatic nitrogens is 1. The van der Waals surface area contributed by atoms with Crippen molar-refractivity contribution >= 4 is 32.6 Å². The maximum atomic E-state index is 13.2. The van der Waals surface area contributed by atoms with Crippen LogP contribution in [0.1, 0.15) is 5.56 Å². The summed E-state index contributed by atoms with van der Waals surface area (Å²) in [6.45, 7) is 0.533. The maximum absolute atomic E-state index is 13.2. The lowest BCUT2D eigenvalue weighted by molar-refractivity contribution is 0.561. The van der Waals surface area contributed by atoms with Crippen LogP contribution in [-0.2, 0) is 6.54 Å². The van der Waals surface area contributed by atoms with Gasteiger partial charge in [-0.2, -0.15) is 0 Å². The van der Waals surface area contributed by atoms with E-state index >= 15 is 0 Å². The lowest BCUT2D eigenvalue weighted by Gasteiger charge is -2.24. The summed E-state index contributed by atoms with van der Waals surface area (Å²) in [5.41, 5.74) is 4.15. The van der Waals surface area contributed by atoms with Gasteiger partial charge in [0.15, 0.2) is 0 Å². The SMILES string of the molecule is O=c1ccc2c(cc3c4c2c2ccccc2c(=O)n4Cc2ccccc2-3)o1. The van der Waals surface area contributed by atoms with Gasteiger partial charge in [0.25, 0.3) is 5.56 Å². The van der Waals surface area contributed by atoms with Gasteiger partial charge in [0.2, 0.25) is 0 Å². The zero-order valence-electron chi connectivity index (χ0n) is 14.2. The zero-order valence-corrected chi connectivity index (χ0v) is 14.2. The molecule has 4 nitrogen and oxygen atoms in total. The van der Waals surface area contributed by atoms with E-state index < -0.39 is 0 Å². The third-order valence-corrected chi connectivity index (χ3v) is 5.48. The van der Waals surface area contributed by atoms with Gasteiger partial charge in [-0.1, -0.05) is 42.5 Å². The summed E-state index contributed by atoms with van der Waals surface area (Å²) in [6, 6.07) is 20.8. The number of hydrogen-bond donors (Lipinski definition) is 0. The molecule has 0 saturated carbocycles. The molecule has 0 bridgehead atoms. The number of nitrogens with zero attached hydrogens (tertiary/aromatic N) is 1. The Bertz CT molecular complexity index is 1540. The fourth-order valence-electron chi connectivity index (χ4n) is 4.34. The smallest absolute Gasteiger partial charge is 0.336 e. The topological polar surface area (TPSA) is 52.2 Å². The van der Waals surface area contributed by atoms with E-state index in [9.17, 15) is 9.59 Å². The number of pyridine rings is 1. The molecule has 0 amide bonds. The first-order chi connectivity index (χ1) is 13.2. The van der Waals surface area contributed by atoms with E-state index in [1.807, 2.05) is 53.1 Å². The summed E-state index contributed by atoms with van der Waals surface area (Å²) >= 11 is 0. The van der Waals surface area contributed by atoms with Crippen LogP contribution in [0.15, 0.2) is 80.7 Å². The maximum Gasteiger partial charge on any atom is 0.336 e. The average Bonchev–Trinajstić information content (AvgIpc) is 2.70. The Balaban J connectivity index is 2.01. The van der Waals surface area contributed by atoms with Gasteiger partial charge in [0, 0.05) is 27.8 Å². The second kappa shape index (κ2) is 4.95. The Morgan fingerprint density at radius 1 is 0.778 bits per heavy atom. The van der Waals surface area contributed by atoms with Crippen LogP contribution in [0.4, 0.5) is 0 Å². The highest BCUT2D eigenvalue weighted by molar-refractivity contribution is 6.22. The van der Waals surface area contributed by atoms with Crippen molar-refractivity contribution < 1.29 is 4.42 Å². The Morgan fingerprint density at radius 2 is 1.56 bits per heavy atom. The third kappa shape index (κ3) is 1.82.